The second-order valence-corrected chi connectivity index (χ2v) is 6.64. The van der Waals surface area contributed by atoms with E-state index >= 15 is 0 Å². The van der Waals surface area contributed by atoms with E-state index in [-0.39, 0.29) is 5.91 Å². The predicted octanol–water partition coefficient (Wildman–Crippen LogP) is 4.02. The van der Waals surface area contributed by atoms with Crippen molar-refractivity contribution in [3.63, 3.8) is 0 Å². The SMILES string of the molecule is COc1cc(Cl)cc(Cl)c1C(=O)N1CCC2(CCC2)C1. The summed E-state index contributed by atoms with van der Waals surface area (Å²) >= 11 is 12.1. The number of hydrogen-bond donors (Lipinski definition) is 0. The minimum Gasteiger partial charge on any atom is -0.496 e. The molecule has 108 valence electrons. The van der Waals surface area contributed by atoms with Crippen molar-refractivity contribution in [3.8, 4) is 5.75 Å². The fraction of sp³-hybridized carbons (Fsp3) is 0.533. The lowest BCUT2D eigenvalue weighted by molar-refractivity contribution is 0.0729. The second-order valence-electron chi connectivity index (χ2n) is 5.80. The molecule has 5 heteroatoms. The molecule has 1 saturated carbocycles. The number of carbonyl (C=O) groups excluding carboxylic acids is 1. The van der Waals surface area contributed by atoms with E-state index in [1.165, 1.54) is 26.4 Å². The summed E-state index contributed by atoms with van der Waals surface area (Å²) in [4.78, 5) is 14.6. The Morgan fingerprint density at radius 3 is 2.60 bits per heavy atom. The molecule has 3 rings (SSSR count). The number of rotatable bonds is 2. The Morgan fingerprint density at radius 1 is 1.30 bits per heavy atom. The molecule has 0 aromatic heterocycles. The Morgan fingerprint density at radius 2 is 2.05 bits per heavy atom. The summed E-state index contributed by atoms with van der Waals surface area (Å²) < 4.78 is 5.26. The zero-order valence-electron chi connectivity index (χ0n) is 11.4. The zero-order chi connectivity index (χ0) is 14.3. The highest BCUT2D eigenvalue weighted by molar-refractivity contribution is 6.37. The van der Waals surface area contributed by atoms with E-state index in [2.05, 4.69) is 0 Å². The molecule has 3 nitrogen and oxygen atoms in total. The van der Waals surface area contributed by atoms with Gasteiger partial charge in [-0.05, 0) is 36.8 Å². The molecular weight excluding hydrogens is 297 g/mol. The predicted molar refractivity (Wildman–Crippen MR) is 79.8 cm³/mol. The molecular formula is C15H17Cl2NO2. The van der Waals surface area contributed by atoms with Crippen LogP contribution in [0.2, 0.25) is 10.0 Å². The summed E-state index contributed by atoms with van der Waals surface area (Å²) in [5.41, 5.74) is 0.803. The van der Waals surface area contributed by atoms with Crippen molar-refractivity contribution in [1.29, 1.82) is 0 Å². The summed E-state index contributed by atoms with van der Waals surface area (Å²) in [5, 5.41) is 0.828. The fourth-order valence-electron chi connectivity index (χ4n) is 3.27. The molecule has 1 amide bonds. The lowest BCUT2D eigenvalue weighted by Gasteiger charge is -2.38. The Hall–Kier alpha value is -0.930. The summed E-state index contributed by atoms with van der Waals surface area (Å²) in [7, 11) is 1.52. The number of nitrogens with zero attached hydrogens (tertiary/aromatic N) is 1. The highest BCUT2D eigenvalue weighted by atomic mass is 35.5. The highest BCUT2D eigenvalue weighted by Gasteiger charge is 2.44. The number of halogens is 2. The van der Waals surface area contributed by atoms with E-state index < -0.39 is 0 Å². The summed E-state index contributed by atoms with van der Waals surface area (Å²) in [6, 6.07) is 3.23. The van der Waals surface area contributed by atoms with Crippen LogP contribution in [0.25, 0.3) is 0 Å². The molecule has 1 aromatic carbocycles. The number of hydrogen-bond acceptors (Lipinski definition) is 2. The van der Waals surface area contributed by atoms with Crippen molar-refractivity contribution < 1.29 is 9.53 Å². The van der Waals surface area contributed by atoms with Crippen molar-refractivity contribution in [2.24, 2.45) is 5.41 Å². The molecule has 1 saturated heterocycles. The first-order chi connectivity index (χ1) is 9.54. The van der Waals surface area contributed by atoms with E-state index in [0.717, 1.165) is 19.5 Å². The van der Waals surface area contributed by atoms with Crippen LogP contribution in [0.4, 0.5) is 0 Å². The van der Waals surface area contributed by atoms with Crippen LogP contribution in [0.3, 0.4) is 0 Å². The van der Waals surface area contributed by atoms with Gasteiger partial charge < -0.3 is 9.64 Å². The van der Waals surface area contributed by atoms with Gasteiger partial charge >= 0.3 is 0 Å². The van der Waals surface area contributed by atoms with E-state index in [9.17, 15) is 4.79 Å². The van der Waals surface area contributed by atoms with Gasteiger partial charge in [0.2, 0.25) is 0 Å². The number of ether oxygens (including phenoxy) is 1. The molecule has 20 heavy (non-hydrogen) atoms. The molecule has 0 bridgehead atoms. The third-order valence-corrected chi connectivity index (χ3v) is 5.11. The Labute approximate surface area is 128 Å². The molecule has 1 spiro atoms. The maximum Gasteiger partial charge on any atom is 0.259 e. The van der Waals surface area contributed by atoms with Crippen molar-refractivity contribution in [3.05, 3.63) is 27.7 Å². The molecule has 0 N–H and O–H groups in total. The molecule has 0 unspecified atom stereocenters. The number of benzene rings is 1. The Kier molecular flexibility index (Phi) is 3.59. The van der Waals surface area contributed by atoms with Crippen molar-refractivity contribution >= 4 is 29.1 Å². The molecule has 1 aliphatic carbocycles. The summed E-state index contributed by atoms with van der Waals surface area (Å²) in [6.45, 7) is 1.65. The van der Waals surface area contributed by atoms with Crippen LogP contribution in [0.5, 0.6) is 5.75 Å². The van der Waals surface area contributed by atoms with Gasteiger partial charge in [0.05, 0.1) is 12.1 Å². The standard InChI is InChI=1S/C15H17Cl2NO2/c1-20-12-8-10(16)7-11(17)13(12)14(19)18-6-5-15(9-18)3-2-4-15/h7-8H,2-6,9H2,1H3. The van der Waals surface area contributed by atoms with Crippen LogP contribution in [-0.2, 0) is 0 Å². The van der Waals surface area contributed by atoms with Gasteiger partial charge in [-0.1, -0.05) is 29.6 Å². The van der Waals surface area contributed by atoms with Crippen LogP contribution >= 0.6 is 23.2 Å². The highest BCUT2D eigenvalue weighted by Crippen LogP contribution is 2.48. The van der Waals surface area contributed by atoms with Gasteiger partial charge in [-0.2, -0.15) is 0 Å². The molecule has 1 aromatic rings. The van der Waals surface area contributed by atoms with E-state index in [0.29, 0.717) is 26.8 Å². The average molecular weight is 314 g/mol. The van der Waals surface area contributed by atoms with Gasteiger partial charge in [0.25, 0.3) is 5.91 Å². The van der Waals surface area contributed by atoms with Crippen molar-refractivity contribution in [2.45, 2.75) is 25.7 Å². The minimum absolute atomic E-state index is 0.0488. The summed E-state index contributed by atoms with van der Waals surface area (Å²) in [5.74, 6) is 0.398. The first kappa shape index (κ1) is 14.0. The zero-order valence-corrected chi connectivity index (χ0v) is 12.9. The van der Waals surface area contributed by atoms with E-state index in [1.807, 2.05) is 4.90 Å². The smallest absolute Gasteiger partial charge is 0.259 e. The average Bonchev–Trinajstić information content (AvgIpc) is 2.82. The third kappa shape index (κ3) is 2.27. The van der Waals surface area contributed by atoms with Gasteiger partial charge in [-0.3, -0.25) is 4.79 Å². The van der Waals surface area contributed by atoms with Crippen LogP contribution in [0.1, 0.15) is 36.0 Å². The second kappa shape index (κ2) is 5.12. The maximum absolute atomic E-state index is 12.7. The molecule has 0 atom stereocenters. The lowest BCUT2D eigenvalue weighted by atomic mass is 9.68. The van der Waals surface area contributed by atoms with Gasteiger partial charge in [-0.25, -0.2) is 0 Å². The quantitative estimate of drug-likeness (QED) is 0.825. The lowest BCUT2D eigenvalue weighted by Crippen LogP contribution is -2.36. The van der Waals surface area contributed by atoms with Gasteiger partial charge in [0.15, 0.2) is 0 Å². The maximum atomic E-state index is 12.7. The normalized spacial score (nSPS) is 20.1. The monoisotopic (exact) mass is 313 g/mol. The number of likely N-dealkylation sites (tertiary alicyclic amines) is 1. The first-order valence-electron chi connectivity index (χ1n) is 6.87. The molecule has 1 heterocycles. The van der Waals surface area contributed by atoms with Crippen molar-refractivity contribution in [1.82, 2.24) is 4.90 Å². The Bertz CT molecular complexity index is 555. The molecule has 1 aliphatic heterocycles. The van der Waals surface area contributed by atoms with Crippen LogP contribution < -0.4 is 4.74 Å². The van der Waals surface area contributed by atoms with Crippen LogP contribution in [-0.4, -0.2) is 31.0 Å². The third-order valence-electron chi connectivity index (χ3n) is 4.59. The number of amides is 1. The van der Waals surface area contributed by atoms with Crippen LogP contribution in [0, 0.1) is 5.41 Å². The van der Waals surface area contributed by atoms with Gasteiger partial charge in [-0.15, -0.1) is 0 Å². The Balaban J connectivity index is 1.87. The van der Waals surface area contributed by atoms with Crippen molar-refractivity contribution in [2.75, 3.05) is 20.2 Å². The fourth-order valence-corrected chi connectivity index (χ4v) is 3.83. The number of carbonyl (C=O) groups is 1. The minimum atomic E-state index is -0.0488. The molecule has 2 fully saturated rings. The summed E-state index contributed by atoms with van der Waals surface area (Å²) in [6.07, 6.45) is 4.86. The van der Waals surface area contributed by atoms with Crippen LogP contribution in [0.15, 0.2) is 12.1 Å². The first-order valence-corrected chi connectivity index (χ1v) is 7.63. The van der Waals surface area contributed by atoms with E-state index in [1.54, 1.807) is 12.1 Å². The van der Waals surface area contributed by atoms with E-state index in [4.69, 9.17) is 27.9 Å². The number of methoxy groups -OCH3 is 1. The van der Waals surface area contributed by atoms with Gasteiger partial charge in [0, 0.05) is 18.1 Å². The molecule has 2 aliphatic rings. The molecule has 0 radical (unpaired) electrons. The largest absolute Gasteiger partial charge is 0.496 e. The topological polar surface area (TPSA) is 29.5 Å². The van der Waals surface area contributed by atoms with Gasteiger partial charge in [0.1, 0.15) is 11.3 Å².